The van der Waals surface area contributed by atoms with Gasteiger partial charge in [0.2, 0.25) is 0 Å². The van der Waals surface area contributed by atoms with E-state index in [9.17, 15) is 0 Å². The summed E-state index contributed by atoms with van der Waals surface area (Å²) in [5, 5.41) is 0. The summed E-state index contributed by atoms with van der Waals surface area (Å²) >= 11 is 0. The predicted molar refractivity (Wildman–Crippen MR) is 83.0 cm³/mol. The number of benzene rings is 1. The fraction of sp³-hybridized carbons (Fsp3) is 0.647. The second-order valence-electron chi connectivity index (χ2n) is 6.10. The molecular weight excluding hydrogens is 215 g/mol. The summed E-state index contributed by atoms with van der Waals surface area (Å²) in [4.78, 5) is 0. The molecule has 0 saturated heterocycles. The van der Waals surface area contributed by atoms with Crippen LogP contribution in [0.5, 0.6) is 0 Å². The molecule has 1 aromatic carbocycles. The molecule has 1 aliphatic carbocycles. The summed E-state index contributed by atoms with van der Waals surface area (Å²) in [6.45, 7) is 5.58. The highest BCUT2D eigenvalue weighted by molar-refractivity contribution is 6.75. The van der Waals surface area contributed by atoms with Crippen molar-refractivity contribution in [2.24, 2.45) is 0 Å². The molecule has 0 aromatic heterocycles. The number of hydrogen-bond donors (Lipinski definition) is 0. The van der Waals surface area contributed by atoms with E-state index in [4.69, 9.17) is 0 Å². The molecule has 1 aromatic rings. The molecule has 0 nitrogen and oxygen atoms in total. The molecule has 0 bridgehead atoms. The fourth-order valence-corrected chi connectivity index (χ4v) is 3.87. The van der Waals surface area contributed by atoms with E-state index in [1.54, 1.807) is 5.46 Å². The molecule has 0 spiro atoms. The van der Waals surface area contributed by atoms with Gasteiger partial charge in [-0.15, -0.1) is 0 Å². The van der Waals surface area contributed by atoms with E-state index in [0.29, 0.717) is 0 Å². The largest absolute Gasteiger partial charge is 0.181 e. The third kappa shape index (κ3) is 3.40. The molecule has 0 radical (unpaired) electrons. The van der Waals surface area contributed by atoms with Gasteiger partial charge in [0.15, 0.2) is 6.71 Å². The zero-order valence-corrected chi connectivity index (χ0v) is 12.1. The highest BCUT2D eigenvalue weighted by Crippen LogP contribution is 2.36. The minimum atomic E-state index is 0.798. The molecule has 1 heteroatoms. The first-order valence-corrected chi connectivity index (χ1v) is 7.88. The molecule has 98 valence electrons. The van der Waals surface area contributed by atoms with Gasteiger partial charge >= 0.3 is 0 Å². The maximum Gasteiger partial charge on any atom is 0.181 e. The van der Waals surface area contributed by atoms with E-state index in [2.05, 4.69) is 44.2 Å². The van der Waals surface area contributed by atoms with Crippen LogP contribution in [-0.2, 0) is 0 Å². The van der Waals surface area contributed by atoms with E-state index in [0.717, 1.165) is 18.3 Å². The summed E-state index contributed by atoms with van der Waals surface area (Å²) in [7, 11) is 0. The quantitative estimate of drug-likeness (QED) is 0.643. The smallest absolute Gasteiger partial charge is 0.0795 e. The first-order chi connectivity index (χ1) is 8.83. The maximum atomic E-state index is 2.47. The van der Waals surface area contributed by atoms with Crippen LogP contribution in [0.25, 0.3) is 0 Å². The molecule has 1 aliphatic rings. The zero-order chi connectivity index (χ0) is 12.8. The lowest BCUT2D eigenvalue weighted by Gasteiger charge is -2.32. The van der Waals surface area contributed by atoms with Gasteiger partial charge in [-0.1, -0.05) is 106 Å². The molecule has 0 N–H and O–H groups in total. The molecule has 0 aliphatic heterocycles. The molecule has 0 amide bonds. The maximum absolute atomic E-state index is 2.47. The molecule has 2 rings (SSSR count). The Morgan fingerprint density at radius 2 is 1.78 bits per heavy atom. The van der Waals surface area contributed by atoms with Crippen LogP contribution in [0.2, 0.25) is 11.6 Å². The van der Waals surface area contributed by atoms with Gasteiger partial charge in [-0.25, -0.2) is 0 Å². The zero-order valence-electron chi connectivity index (χ0n) is 12.1. The Bertz CT molecular complexity index is 327. The Morgan fingerprint density at radius 1 is 1.11 bits per heavy atom. The van der Waals surface area contributed by atoms with E-state index >= 15 is 0 Å². The molecule has 1 saturated carbocycles. The van der Waals surface area contributed by atoms with Crippen LogP contribution >= 0.6 is 0 Å². The number of rotatable bonds is 5. The van der Waals surface area contributed by atoms with Crippen molar-refractivity contribution in [1.82, 2.24) is 0 Å². The standard InChI is InChI=1S/C17H27B/c1-3-10-15(2)18(16-11-6-4-7-12-16)17-13-8-5-9-14-17/h4,6-7,11-12,15,17H,3,5,8-10,13-14H2,1-2H3. The Hall–Kier alpha value is -0.715. The lowest BCUT2D eigenvalue weighted by Crippen LogP contribution is -2.39. The van der Waals surface area contributed by atoms with Crippen LogP contribution in [-0.4, -0.2) is 6.71 Å². The van der Waals surface area contributed by atoms with Gasteiger partial charge in [0.1, 0.15) is 0 Å². The van der Waals surface area contributed by atoms with E-state index in [1.165, 1.54) is 44.9 Å². The molecule has 0 heterocycles. The van der Waals surface area contributed by atoms with Crippen molar-refractivity contribution in [1.29, 1.82) is 0 Å². The van der Waals surface area contributed by atoms with Crippen molar-refractivity contribution in [2.45, 2.75) is 70.4 Å². The monoisotopic (exact) mass is 242 g/mol. The molecule has 18 heavy (non-hydrogen) atoms. The Balaban J connectivity index is 2.16. The van der Waals surface area contributed by atoms with Crippen molar-refractivity contribution in [3.8, 4) is 0 Å². The van der Waals surface area contributed by atoms with Crippen molar-refractivity contribution >= 4 is 12.2 Å². The highest BCUT2D eigenvalue weighted by Gasteiger charge is 2.32. The van der Waals surface area contributed by atoms with Crippen molar-refractivity contribution < 1.29 is 0 Å². The number of hydrogen-bond acceptors (Lipinski definition) is 0. The van der Waals surface area contributed by atoms with Crippen LogP contribution in [0.1, 0.15) is 58.8 Å². The van der Waals surface area contributed by atoms with Crippen LogP contribution < -0.4 is 5.46 Å². The Labute approximate surface area is 113 Å². The lowest BCUT2D eigenvalue weighted by atomic mass is 9.29. The van der Waals surface area contributed by atoms with Gasteiger partial charge in [-0.3, -0.25) is 0 Å². The average Bonchev–Trinajstić information content (AvgIpc) is 2.42. The van der Waals surface area contributed by atoms with E-state index in [1.807, 2.05) is 0 Å². The van der Waals surface area contributed by atoms with Gasteiger partial charge in [-0.05, 0) is 0 Å². The summed E-state index contributed by atoms with van der Waals surface area (Å²) in [5.41, 5.74) is 1.59. The molecule has 1 atom stereocenters. The molecule has 1 unspecified atom stereocenters. The Morgan fingerprint density at radius 3 is 2.39 bits per heavy atom. The third-order valence-corrected chi connectivity index (χ3v) is 4.70. The SMILES string of the molecule is CCCC(C)B(c1ccccc1)C1CCCCC1. The second kappa shape index (κ2) is 7.02. The lowest BCUT2D eigenvalue weighted by molar-refractivity contribution is 0.493. The minimum Gasteiger partial charge on any atom is -0.0795 e. The molecule has 1 fully saturated rings. The minimum absolute atomic E-state index is 0.798. The third-order valence-electron chi connectivity index (χ3n) is 4.70. The normalized spacial score (nSPS) is 18.6. The van der Waals surface area contributed by atoms with Crippen LogP contribution in [0.4, 0.5) is 0 Å². The summed E-state index contributed by atoms with van der Waals surface area (Å²) < 4.78 is 0. The van der Waals surface area contributed by atoms with E-state index in [-0.39, 0.29) is 0 Å². The van der Waals surface area contributed by atoms with E-state index < -0.39 is 0 Å². The van der Waals surface area contributed by atoms with Crippen molar-refractivity contribution in [3.05, 3.63) is 30.3 Å². The van der Waals surface area contributed by atoms with Gasteiger partial charge in [0.25, 0.3) is 0 Å². The second-order valence-corrected chi connectivity index (χ2v) is 6.10. The first-order valence-electron chi connectivity index (χ1n) is 7.88. The average molecular weight is 242 g/mol. The summed E-state index contributed by atoms with van der Waals surface area (Å²) in [5.74, 6) is 1.77. The fourth-order valence-electron chi connectivity index (χ4n) is 3.87. The van der Waals surface area contributed by atoms with Crippen molar-refractivity contribution in [3.63, 3.8) is 0 Å². The Kier molecular flexibility index (Phi) is 5.34. The van der Waals surface area contributed by atoms with Crippen LogP contribution in [0, 0.1) is 0 Å². The summed E-state index contributed by atoms with van der Waals surface area (Å²) in [6.07, 6.45) is 9.95. The van der Waals surface area contributed by atoms with Gasteiger partial charge in [0.05, 0.1) is 0 Å². The van der Waals surface area contributed by atoms with Gasteiger partial charge < -0.3 is 0 Å². The van der Waals surface area contributed by atoms with Crippen LogP contribution in [0.15, 0.2) is 30.3 Å². The van der Waals surface area contributed by atoms with Gasteiger partial charge in [-0.2, -0.15) is 0 Å². The molecular formula is C17H27B. The summed E-state index contributed by atoms with van der Waals surface area (Å²) in [6, 6.07) is 11.3. The highest BCUT2D eigenvalue weighted by atomic mass is 14.2. The van der Waals surface area contributed by atoms with Crippen molar-refractivity contribution in [2.75, 3.05) is 0 Å². The van der Waals surface area contributed by atoms with Gasteiger partial charge in [0, 0.05) is 0 Å². The first kappa shape index (κ1) is 13.7. The topological polar surface area (TPSA) is 0 Å². The predicted octanol–water partition coefficient (Wildman–Crippen LogP) is 4.91. The van der Waals surface area contributed by atoms with Crippen LogP contribution in [0.3, 0.4) is 0 Å².